The molecular weight excluding hydrogens is 357 g/mol. The van der Waals surface area contributed by atoms with E-state index < -0.39 is 23.7 Å². The van der Waals surface area contributed by atoms with Crippen molar-refractivity contribution >= 4 is 35.0 Å². The molecule has 10 heteroatoms. The van der Waals surface area contributed by atoms with Crippen LogP contribution < -0.4 is 15.2 Å². The summed E-state index contributed by atoms with van der Waals surface area (Å²) in [6.07, 6.45) is -0.652. The lowest BCUT2D eigenvalue weighted by Gasteiger charge is -2.14. The van der Waals surface area contributed by atoms with Crippen molar-refractivity contribution in [3.8, 4) is 22.8 Å². The molecule has 0 aliphatic carbocycles. The maximum atomic E-state index is 14.1. The topological polar surface area (TPSA) is 94.7 Å². The van der Waals surface area contributed by atoms with Gasteiger partial charge in [0.1, 0.15) is 10.8 Å². The van der Waals surface area contributed by atoms with E-state index in [0.717, 1.165) is 13.3 Å². The number of benzene rings is 1. The quantitative estimate of drug-likeness (QED) is 0.799. The second-order valence-corrected chi connectivity index (χ2v) is 4.89. The van der Waals surface area contributed by atoms with E-state index in [1.807, 2.05) is 0 Å². The smallest absolute Gasteiger partial charge is 0.492 e. The van der Waals surface area contributed by atoms with Crippen molar-refractivity contribution < 1.29 is 28.2 Å². The van der Waals surface area contributed by atoms with E-state index >= 15 is 0 Å². The van der Waals surface area contributed by atoms with Crippen LogP contribution in [0.15, 0.2) is 12.3 Å². The number of nitrogen functional groups attached to an aromatic ring is 1. The fraction of sp³-hybridized carbons (Fsp3) is 0.0769. The summed E-state index contributed by atoms with van der Waals surface area (Å²) in [6.45, 7) is 0. The van der Waals surface area contributed by atoms with Gasteiger partial charge in [-0.05, 0) is 0 Å². The Morgan fingerprint density at radius 1 is 1.30 bits per heavy atom. The summed E-state index contributed by atoms with van der Waals surface area (Å²) in [4.78, 5) is 14.2. The highest BCUT2D eigenvalue weighted by atomic mass is 35.5. The summed E-state index contributed by atoms with van der Waals surface area (Å²) in [5, 5.41) is 7.82. The van der Waals surface area contributed by atoms with Gasteiger partial charge in [-0.2, -0.15) is 0 Å². The minimum absolute atomic E-state index is 0.0754. The van der Waals surface area contributed by atoms with Crippen molar-refractivity contribution in [3.05, 3.63) is 33.9 Å². The van der Waals surface area contributed by atoms with E-state index in [4.69, 9.17) is 38.8 Å². The molecule has 1 aromatic carbocycles. The highest BCUT2D eigenvalue weighted by Crippen LogP contribution is 2.44. The van der Waals surface area contributed by atoms with Gasteiger partial charge in [-0.3, -0.25) is 0 Å². The lowest BCUT2D eigenvalue weighted by Crippen LogP contribution is -2.07. The van der Waals surface area contributed by atoms with Crippen molar-refractivity contribution in [3.63, 3.8) is 0 Å². The molecule has 0 spiro atoms. The van der Waals surface area contributed by atoms with E-state index in [1.54, 1.807) is 0 Å². The Morgan fingerprint density at radius 2 is 1.96 bits per heavy atom. The molecule has 1 heterocycles. The standard InChI is InChI=1S/C13H8Cl2F2N2O4/c1-22-11-6(17)2-5(16)7(8(11)14)4-3-19-12(23-13(20)21)9(15)10(4)18/h2-3H,1H3,(H2,18,19)(H,20,21). The lowest BCUT2D eigenvalue weighted by atomic mass is 10.0. The van der Waals surface area contributed by atoms with Gasteiger partial charge in [0.15, 0.2) is 11.6 Å². The first kappa shape index (κ1) is 17.0. The fourth-order valence-corrected chi connectivity index (χ4v) is 2.39. The normalized spacial score (nSPS) is 10.5. The summed E-state index contributed by atoms with van der Waals surface area (Å²) in [7, 11) is 1.16. The molecule has 6 nitrogen and oxygen atoms in total. The van der Waals surface area contributed by atoms with E-state index in [-0.39, 0.29) is 32.6 Å². The van der Waals surface area contributed by atoms with Crippen molar-refractivity contribution in [1.82, 2.24) is 4.98 Å². The number of nitrogens with zero attached hydrogens (tertiary/aromatic N) is 1. The molecule has 2 rings (SSSR count). The number of methoxy groups -OCH3 is 1. The van der Waals surface area contributed by atoms with Crippen LogP contribution in [0.5, 0.6) is 11.6 Å². The molecule has 0 fully saturated rings. The molecule has 0 unspecified atom stereocenters. The van der Waals surface area contributed by atoms with Crippen LogP contribution in [0.2, 0.25) is 10.0 Å². The molecule has 0 saturated heterocycles. The summed E-state index contributed by atoms with van der Waals surface area (Å²) >= 11 is 11.8. The molecule has 1 aromatic heterocycles. The van der Waals surface area contributed by atoms with Gasteiger partial charge >= 0.3 is 6.16 Å². The number of hydrogen-bond acceptors (Lipinski definition) is 5. The Balaban J connectivity index is 2.69. The minimum atomic E-state index is -1.65. The maximum absolute atomic E-state index is 14.1. The Bertz CT molecular complexity index is 802. The first-order valence-electron chi connectivity index (χ1n) is 5.84. The van der Waals surface area contributed by atoms with Gasteiger partial charge in [0, 0.05) is 23.4 Å². The second kappa shape index (κ2) is 6.43. The molecule has 0 aliphatic rings. The molecule has 23 heavy (non-hydrogen) atoms. The van der Waals surface area contributed by atoms with E-state index in [2.05, 4.69) is 9.72 Å². The molecule has 0 saturated carbocycles. The maximum Gasteiger partial charge on any atom is 0.512 e. The number of rotatable bonds is 3. The zero-order valence-electron chi connectivity index (χ0n) is 11.4. The average molecular weight is 365 g/mol. The number of carbonyl (C=O) groups is 1. The molecule has 0 radical (unpaired) electrons. The first-order valence-corrected chi connectivity index (χ1v) is 6.60. The zero-order valence-corrected chi connectivity index (χ0v) is 12.9. The number of nitrogens with two attached hydrogens (primary N) is 1. The summed E-state index contributed by atoms with van der Waals surface area (Å²) in [6, 6.07) is 0.565. The fourth-order valence-electron chi connectivity index (χ4n) is 1.84. The van der Waals surface area contributed by atoms with Gasteiger partial charge in [0.25, 0.3) is 0 Å². The van der Waals surface area contributed by atoms with Crippen LogP contribution in [0.1, 0.15) is 0 Å². The van der Waals surface area contributed by atoms with Crippen LogP contribution in [0, 0.1) is 11.6 Å². The second-order valence-electron chi connectivity index (χ2n) is 4.14. The SMILES string of the molecule is COc1c(F)cc(F)c(-c2cnc(OC(=O)O)c(Cl)c2N)c1Cl. The van der Waals surface area contributed by atoms with Gasteiger partial charge in [0.05, 0.1) is 17.8 Å². The predicted molar refractivity (Wildman–Crippen MR) is 79.2 cm³/mol. The van der Waals surface area contributed by atoms with Crippen LogP contribution >= 0.6 is 23.2 Å². The van der Waals surface area contributed by atoms with Crippen molar-refractivity contribution in [2.45, 2.75) is 0 Å². The van der Waals surface area contributed by atoms with E-state index in [9.17, 15) is 13.6 Å². The zero-order chi connectivity index (χ0) is 17.3. The van der Waals surface area contributed by atoms with Crippen LogP contribution in [-0.2, 0) is 0 Å². The molecule has 0 amide bonds. The predicted octanol–water partition coefficient (Wildman–Crippen LogP) is 3.98. The van der Waals surface area contributed by atoms with Crippen LogP contribution in [0.3, 0.4) is 0 Å². The third-order valence-corrected chi connectivity index (χ3v) is 3.54. The Kier molecular flexibility index (Phi) is 4.76. The largest absolute Gasteiger partial charge is 0.512 e. The number of aromatic nitrogens is 1. The molecule has 0 aliphatic heterocycles. The van der Waals surface area contributed by atoms with Gasteiger partial charge in [-0.1, -0.05) is 23.2 Å². The monoisotopic (exact) mass is 364 g/mol. The van der Waals surface area contributed by atoms with Gasteiger partial charge < -0.3 is 20.3 Å². The Hall–Kier alpha value is -2.32. The average Bonchev–Trinajstić information content (AvgIpc) is 2.46. The molecule has 3 N–H and O–H groups in total. The molecule has 122 valence electrons. The molecule has 0 bridgehead atoms. The highest BCUT2D eigenvalue weighted by molar-refractivity contribution is 6.37. The van der Waals surface area contributed by atoms with Gasteiger partial charge in [0.2, 0.25) is 5.88 Å². The van der Waals surface area contributed by atoms with Gasteiger partial charge in [-0.25, -0.2) is 18.6 Å². The van der Waals surface area contributed by atoms with Crippen LogP contribution in [-0.4, -0.2) is 23.4 Å². The van der Waals surface area contributed by atoms with Crippen molar-refractivity contribution in [1.29, 1.82) is 0 Å². The molecule has 2 aromatic rings. The number of carboxylic acid groups (broad SMARTS) is 1. The Labute approximate surface area is 138 Å². The minimum Gasteiger partial charge on any atom is -0.492 e. The van der Waals surface area contributed by atoms with Crippen molar-refractivity contribution in [2.24, 2.45) is 0 Å². The third-order valence-electron chi connectivity index (χ3n) is 2.81. The van der Waals surface area contributed by atoms with E-state index in [1.165, 1.54) is 0 Å². The number of ether oxygens (including phenoxy) is 2. The number of pyridine rings is 1. The highest BCUT2D eigenvalue weighted by Gasteiger charge is 2.23. The summed E-state index contributed by atoms with van der Waals surface area (Å²) in [5.74, 6) is -2.89. The number of halogens is 4. The molecule has 0 atom stereocenters. The third kappa shape index (κ3) is 3.08. The van der Waals surface area contributed by atoms with Crippen LogP contribution in [0.25, 0.3) is 11.1 Å². The summed E-state index contributed by atoms with van der Waals surface area (Å²) < 4.78 is 36.8. The van der Waals surface area contributed by atoms with Gasteiger partial charge in [-0.15, -0.1) is 0 Å². The number of hydrogen-bond donors (Lipinski definition) is 2. The van der Waals surface area contributed by atoms with Crippen molar-refractivity contribution in [2.75, 3.05) is 12.8 Å². The molecular formula is C13H8Cl2F2N2O4. The lowest BCUT2D eigenvalue weighted by molar-refractivity contribution is 0.142. The van der Waals surface area contributed by atoms with E-state index in [0.29, 0.717) is 6.07 Å². The Morgan fingerprint density at radius 3 is 2.52 bits per heavy atom. The summed E-state index contributed by atoms with van der Waals surface area (Å²) in [5.41, 5.74) is 5.14. The van der Waals surface area contributed by atoms with Crippen LogP contribution in [0.4, 0.5) is 19.3 Å². The number of anilines is 1. The first-order chi connectivity index (χ1) is 10.8.